The van der Waals surface area contributed by atoms with E-state index < -0.39 is 0 Å². The Morgan fingerprint density at radius 3 is 1.90 bits per heavy atom. The van der Waals surface area contributed by atoms with Gasteiger partial charge in [-0.15, -0.1) is 0 Å². The minimum Gasteiger partial charge on any atom is -0.274 e. The van der Waals surface area contributed by atoms with Crippen molar-refractivity contribution in [3.05, 3.63) is 99.0 Å². The number of carbonyl (C=O) groups excluding carboxylic acids is 2. The van der Waals surface area contributed by atoms with E-state index in [2.05, 4.69) is 60.1 Å². The normalized spacial score (nSPS) is 25.6. The maximum Gasteiger partial charge on any atom is 0.238 e. The second-order valence-electron chi connectivity index (χ2n) is 9.14. The zero-order valence-electron chi connectivity index (χ0n) is 17.4. The SMILES string of the molecule is CC(C)c1ccc2c(c1)[C@@H]1c3ccccc3[C@@H]2[C@@H]2C(=O)N(c3ccccc3Br)C(=O)[C@H]12. The topological polar surface area (TPSA) is 37.4 Å². The molecule has 3 aliphatic carbocycles. The van der Waals surface area contributed by atoms with Crippen LogP contribution >= 0.6 is 15.9 Å². The molecule has 0 aromatic heterocycles. The molecule has 1 saturated heterocycles. The van der Waals surface area contributed by atoms with Gasteiger partial charge in [0, 0.05) is 16.3 Å². The van der Waals surface area contributed by atoms with Crippen LogP contribution in [0.15, 0.2) is 71.2 Å². The Balaban J connectivity index is 1.58. The van der Waals surface area contributed by atoms with Gasteiger partial charge in [-0.25, -0.2) is 4.90 Å². The van der Waals surface area contributed by atoms with Crippen LogP contribution in [0.3, 0.4) is 0 Å². The molecular formula is C27H22BrNO2. The maximum absolute atomic E-state index is 13.8. The standard InChI is InChI=1S/C27H22BrNO2/c1-14(2)15-11-12-18-19(13-15)23-17-8-4-3-7-16(17)22(18)24-25(23)27(31)29(26(24)30)21-10-6-5-9-20(21)28/h3-14,22-25H,1-2H3/t22-,23-,24-,25+/m0/s1. The lowest BCUT2D eigenvalue weighted by atomic mass is 9.54. The van der Waals surface area contributed by atoms with Crippen molar-refractivity contribution in [2.24, 2.45) is 11.8 Å². The van der Waals surface area contributed by atoms with Gasteiger partial charge in [-0.1, -0.05) is 68.4 Å². The van der Waals surface area contributed by atoms with Crippen molar-refractivity contribution in [3.63, 3.8) is 0 Å². The molecule has 31 heavy (non-hydrogen) atoms. The van der Waals surface area contributed by atoms with Gasteiger partial charge in [-0.05, 0) is 61.8 Å². The van der Waals surface area contributed by atoms with Crippen molar-refractivity contribution in [2.45, 2.75) is 31.6 Å². The number of benzene rings is 3. The van der Waals surface area contributed by atoms with Crippen molar-refractivity contribution in [1.82, 2.24) is 0 Å². The van der Waals surface area contributed by atoms with Gasteiger partial charge in [0.15, 0.2) is 0 Å². The zero-order valence-corrected chi connectivity index (χ0v) is 19.0. The highest BCUT2D eigenvalue weighted by atomic mass is 79.9. The van der Waals surface area contributed by atoms with E-state index in [9.17, 15) is 9.59 Å². The predicted octanol–water partition coefficient (Wildman–Crippen LogP) is 5.97. The molecule has 1 aliphatic heterocycles. The summed E-state index contributed by atoms with van der Waals surface area (Å²) in [5.74, 6) is -0.604. The van der Waals surface area contributed by atoms with Crippen LogP contribution in [-0.2, 0) is 9.59 Å². The lowest BCUT2D eigenvalue weighted by molar-refractivity contribution is -0.122. The Morgan fingerprint density at radius 1 is 0.742 bits per heavy atom. The molecule has 2 amide bonds. The number of carbonyl (C=O) groups is 2. The third-order valence-corrected chi connectivity index (χ3v) is 7.99. The second-order valence-corrected chi connectivity index (χ2v) is 10.00. The van der Waals surface area contributed by atoms with Gasteiger partial charge in [-0.2, -0.15) is 0 Å². The fourth-order valence-corrected chi connectivity index (χ4v) is 6.44. The first kappa shape index (κ1) is 19.0. The predicted molar refractivity (Wildman–Crippen MR) is 124 cm³/mol. The van der Waals surface area contributed by atoms with Gasteiger partial charge in [-0.3, -0.25) is 9.59 Å². The number of hydrogen-bond acceptors (Lipinski definition) is 2. The summed E-state index contributed by atoms with van der Waals surface area (Å²) in [4.78, 5) is 29.0. The van der Waals surface area contributed by atoms with Crippen molar-refractivity contribution < 1.29 is 9.59 Å². The molecule has 4 atom stereocenters. The van der Waals surface area contributed by atoms with Gasteiger partial charge in [0.2, 0.25) is 11.8 Å². The number of para-hydroxylation sites is 1. The molecule has 0 radical (unpaired) electrons. The summed E-state index contributed by atoms with van der Waals surface area (Å²) in [5, 5.41) is 0. The summed E-state index contributed by atoms with van der Waals surface area (Å²) >= 11 is 3.54. The van der Waals surface area contributed by atoms with E-state index >= 15 is 0 Å². The Labute approximate surface area is 190 Å². The Morgan fingerprint density at radius 2 is 1.29 bits per heavy atom. The first-order chi connectivity index (χ1) is 15.0. The summed E-state index contributed by atoms with van der Waals surface area (Å²) < 4.78 is 0.764. The Bertz CT molecular complexity index is 1260. The van der Waals surface area contributed by atoms with Gasteiger partial charge in [0.25, 0.3) is 0 Å². The van der Waals surface area contributed by atoms with Gasteiger partial charge in [0.05, 0.1) is 17.5 Å². The van der Waals surface area contributed by atoms with E-state index in [4.69, 9.17) is 0 Å². The molecule has 7 rings (SSSR count). The summed E-state index contributed by atoms with van der Waals surface area (Å²) in [6, 6.07) is 22.5. The molecular weight excluding hydrogens is 450 g/mol. The average Bonchev–Trinajstić information content (AvgIpc) is 3.04. The highest BCUT2D eigenvalue weighted by Gasteiger charge is 2.62. The number of imide groups is 1. The van der Waals surface area contributed by atoms with E-state index in [0.717, 1.165) is 4.47 Å². The van der Waals surface area contributed by atoms with E-state index in [1.54, 1.807) is 0 Å². The monoisotopic (exact) mass is 471 g/mol. The van der Waals surface area contributed by atoms with Crippen LogP contribution in [0.2, 0.25) is 0 Å². The maximum atomic E-state index is 13.8. The fraction of sp³-hybridized carbons (Fsp3) is 0.259. The zero-order chi connectivity index (χ0) is 21.4. The average molecular weight is 472 g/mol. The molecule has 0 unspecified atom stereocenters. The van der Waals surface area contributed by atoms with Crippen LogP contribution in [0, 0.1) is 11.8 Å². The first-order valence-electron chi connectivity index (χ1n) is 10.8. The molecule has 154 valence electrons. The summed E-state index contributed by atoms with van der Waals surface area (Å²) in [6.45, 7) is 4.39. The van der Waals surface area contributed by atoms with E-state index in [1.807, 2.05) is 36.4 Å². The third kappa shape index (κ3) is 2.45. The molecule has 1 fully saturated rings. The van der Waals surface area contributed by atoms with Crippen LogP contribution in [-0.4, -0.2) is 11.8 Å². The molecule has 1 heterocycles. The van der Waals surface area contributed by atoms with Crippen LogP contribution in [0.4, 0.5) is 5.69 Å². The molecule has 3 aromatic rings. The quantitative estimate of drug-likeness (QED) is 0.431. The lowest BCUT2D eigenvalue weighted by Gasteiger charge is -2.46. The van der Waals surface area contributed by atoms with E-state index in [1.165, 1.54) is 32.7 Å². The number of halogens is 1. The largest absolute Gasteiger partial charge is 0.274 e. The van der Waals surface area contributed by atoms with Crippen LogP contribution < -0.4 is 4.90 Å². The highest BCUT2D eigenvalue weighted by molar-refractivity contribution is 9.10. The van der Waals surface area contributed by atoms with Crippen molar-refractivity contribution in [1.29, 1.82) is 0 Å². The van der Waals surface area contributed by atoms with Crippen LogP contribution in [0.25, 0.3) is 0 Å². The van der Waals surface area contributed by atoms with Crippen molar-refractivity contribution >= 4 is 33.4 Å². The van der Waals surface area contributed by atoms with E-state index in [-0.39, 0.29) is 35.5 Å². The van der Waals surface area contributed by atoms with E-state index in [0.29, 0.717) is 11.6 Å². The second kappa shape index (κ2) is 6.64. The van der Waals surface area contributed by atoms with Crippen LogP contribution in [0.1, 0.15) is 59.4 Å². The smallest absolute Gasteiger partial charge is 0.238 e. The molecule has 0 saturated carbocycles. The molecule has 0 N–H and O–H groups in total. The fourth-order valence-electron chi connectivity index (χ4n) is 5.98. The minimum absolute atomic E-state index is 0.0768. The first-order valence-corrected chi connectivity index (χ1v) is 11.6. The third-order valence-electron chi connectivity index (χ3n) is 7.32. The molecule has 4 aliphatic rings. The van der Waals surface area contributed by atoms with Crippen LogP contribution in [0.5, 0.6) is 0 Å². The number of nitrogens with zero attached hydrogens (tertiary/aromatic N) is 1. The number of amides is 2. The summed E-state index contributed by atoms with van der Waals surface area (Å²) in [6.07, 6.45) is 0. The minimum atomic E-state index is -0.352. The number of anilines is 1. The van der Waals surface area contributed by atoms with Crippen molar-refractivity contribution in [2.75, 3.05) is 4.90 Å². The molecule has 2 bridgehead atoms. The van der Waals surface area contributed by atoms with Gasteiger partial charge < -0.3 is 0 Å². The Hall–Kier alpha value is -2.72. The lowest BCUT2D eigenvalue weighted by Crippen LogP contribution is -2.41. The van der Waals surface area contributed by atoms with Crippen molar-refractivity contribution in [3.8, 4) is 0 Å². The molecule has 3 nitrogen and oxygen atoms in total. The summed E-state index contributed by atoms with van der Waals surface area (Å²) in [5.41, 5.74) is 6.77. The number of hydrogen-bond donors (Lipinski definition) is 0. The molecule has 3 aromatic carbocycles. The van der Waals surface area contributed by atoms with Gasteiger partial charge in [0.1, 0.15) is 0 Å². The Kier molecular flexibility index (Phi) is 4.07. The number of rotatable bonds is 2. The molecule has 4 heteroatoms. The summed E-state index contributed by atoms with van der Waals surface area (Å²) in [7, 11) is 0. The van der Waals surface area contributed by atoms with Gasteiger partial charge >= 0.3 is 0 Å². The molecule has 0 spiro atoms. The highest BCUT2D eigenvalue weighted by Crippen LogP contribution is 2.61.